The molecule has 0 fully saturated rings. The zero-order chi connectivity index (χ0) is 23.2. The van der Waals surface area contributed by atoms with Crippen molar-refractivity contribution in [1.82, 2.24) is 9.97 Å². The number of carbonyl (C=O) groups is 1. The van der Waals surface area contributed by atoms with Crippen LogP contribution in [0.4, 0.5) is 17.3 Å². The van der Waals surface area contributed by atoms with Gasteiger partial charge in [0, 0.05) is 13.1 Å². The fraction of sp³-hybridized carbons (Fsp3) is 0.370. The molecule has 0 saturated heterocycles. The van der Waals surface area contributed by atoms with E-state index in [0.717, 1.165) is 55.2 Å². The van der Waals surface area contributed by atoms with Crippen molar-refractivity contribution in [3.8, 4) is 11.1 Å². The number of hydrogen-bond donors (Lipinski definition) is 1. The Morgan fingerprint density at radius 3 is 2.30 bits per heavy atom. The quantitative estimate of drug-likeness (QED) is 0.473. The van der Waals surface area contributed by atoms with E-state index >= 15 is 0 Å². The maximum atomic E-state index is 13.6. The van der Waals surface area contributed by atoms with Gasteiger partial charge < -0.3 is 10.2 Å². The van der Waals surface area contributed by atoms with Crippen molar-refractivity contribution in [1.29, 1.82) is 0 Å². The first-order valence-corrected chi connectivity index (χ1v) is 12.0. The molecule has 6 nitrogen and oxygen atoms in total. The normalized spacial score (nSPS) is 15.2. The van der Waals surface area contributed by atoms with Crippen molar-refractivity contribution in [2.45, 2.75) is 52.6 Å². The van der Waals surface area contributed by atoms with Crippen LogP contribution in [0.2, 0.25) is 0 Å². The molecule has 1 N–H and O–H groups in total. The van der Waals surface area contributed by atoms with Crippen molar-refractivity contribution in [2.75, 3.05) is 28.2 Å². The molecule has 2 heterocycles. The lowest BCUT2D eigenvalue weighted by Crippen LogP contribution is -2.48. The second-order valence-electron chi connectivity index (χ2n) is 8.39. The van der Waals surface area contributed by atoms with E-state index in [1.807, 2.05) is 23.1 Å². The predicted molar refractivity (Wildman–Crippen MR) is 136 cm³/mol. The Balaban J connectivity index is 1.69. The number of anilines is 3. The molecule has 2 aromatic carbocycles. The molecular formula is C27H33N5O. The summed E-state index contributed by atoms with van der Waals surface area (Å²) in [6.07, 6.45) is 4.43. The van der Waals surface area contributed by atoms with Crippen molar-refractivity contribution >= 4 is 23.2 Å². The summed E-state index contributed by atoms with van der Waals surface area (Å²) in [5.41, 5.74) is 4.22. The summed E-state index contributed by atoms with van der Waals surface area (Å²) < 4.78 is 0. The van der Waals surface area contributed by atoms with E-state index in [1.54, 1.807) is 6.33 Å². The molecule has 4 rings (SSSR count). The Hall–Kier alpha value is -3.41. The Labute approximate surface area is 196 Å². The predicted octanol–water partition coefficient (Wildman–Crippen LogP) is 5.51. The van der Waals surface area contributed by atoms with Crippen LogP contribution in [-0.2, 0) is 11.3 Å². The number of benzene rings is 2. The summed E-state index contributed by atoms with van der Waals surface area (Å²) in [7, 11) is 0. The molecular weight excluding hydrogens is 410 g/mol. The van der Waals surface area contributed by atoms with Crippen molar-refractivity contribution in [3.05, 3.63) is 66.5 Å². The van der Waals surface area contributed by atoms with Gasteiger partial charge in [0.05, 0.1) is 6.54 Å². The van der Waals surface area contributed by atoms with E-state index in [2.05, 4.69) is 77.4 Å². The van der Waals surface area contributed by atoms with Gasteiger partial charge in [-0.3, -0.25) is 9.69 Å². The number of carbonyl (C=O) groups excluding carboxylic acids is 1. The van der Waals surface area contributed by atoms with Gasteiger partial charge in [-0.15, -0.1) is 0 Å². The number of amides is 1. The molecule has 3 aromatic rings. The minimum atomic E-state index is -0.263. The molecule has 172 valence electrons. The average molecular weight is 444 g/mol. The molecule has 1 atom stereocenters. The van der Waals surface area contributed by atoms with Crippen LogP contribution in [0.25, 0.3) is 11.1 Å². The number of unbranched alkanes of at least 4 members (excludes halogenated alkanes) is 1. The highest BCUT2D eigenvalue weighted by Crippen LogP contribution is 2.39. The van der Waals surface area contributed by atoms with Crippen LogP contribution < -0.4 is 15.1 Å². The summed E-state index contributed by atoms with van der Waals surface area (Å²) in [5, 5.41) is 3.40. The van der Waals surface area contributed by atoms with E-state index in [-0.39, 0.29) is 11.9 Å². The number of rotatable bonds is 9. The molecule has 6 heteroatoms. The van der Waals surface area contributed by atoms with Gasteiger partial charge >= 0.3 is 0 Å². The molecule has 1 aliphatic rings. The number of aromatic nitrogens is 2. The molecule has 1 aliphatic heterocycles. The van der Waals surface area contributed by atoms with Crippen LogP contribution in [0.1, 0.15) is 45.6 Å². The molecule has 0 unspecified atom stereocenters. The van der Waals surface area contributed by atoms with Crippen LogP contribution in [0, 0.1) is 0 Å². The maximum absolute atomic E-state index is 13.6. The fourth-order valence-corrected chi connectivity index (χ4v) is 4.38. The first kappa shape index (κ1) is 22.8. The fourth-order valence-electron chi connectivity index (χ4n) is 4.38. The van der Waals surface area contributed by atoms with Gasteiger partial charge in [0.15, 0.2) is 11.6 Å². The van der Waals surface area contributed by atoms with E-state index in [0.29, 0.717) is 6.54 Å². The SMILES string of the molecule is CCCC[C@@H]1Nc2ncnc(N(CC)CC)c2N(Cc2ccc(-c3ccccc3)cc2)C1=O. The zero-order valence-corrected chi connectivity index (χ0v) is 19.8. The van der Waals surface area contributed by atoms with Crippen LogP contribution >= 0.6 is 0 Å². The van der Waals surface area contributed by atoms with Gasteiger partial charge in [-0.05, 0) is 37.0 Å². The largest absolute Gasteiger partial charge is 0.356 e. The van der Waals surface area contributed by atoms with E-state index in [4.69, 9.17) is 0 Å². The van der Waals surface area contributed by atoms with Gasteiger partial charge in [0.25, 0.3) is 0 Å². The highest BCUT2D eigenvalue weighted by Gasteiger charge is 2.36. The first-order valence-electron chi connectivity index (χ1n) is 12.0. The van der Waals surface area contributed by atoms with Gasteiger partial charge in [-0.1, -0.05) is 74.4 Å². The van der Waals surface area contributed by atoms with Gasteiger partial charge in [0.1, 0.15) is 18.1 Å². The third kappa shape index (κ3) is 4.85. The smallest absolute Gasteiger partial charge is 0.250 e. The van der Waals surface area contributed by atoms with Crippen LogP contribution in [0.3, 0.4) is 0 Å². The van der Waals surface area contributed by atoms with Gasteiger partial charge in [0.2, 0.25) is 5.91 Å². The molecule has 0 bridgehead atoms. The summed E-state index contributed by atoms with van der Waals surface area (Å²) >= 11 is 0. The minimum absolute atomic E-state index is 0.0892. The Morgan fingerprint density at radius 2 is 1.64 bits per heavy atom. The lowest BCUT2D eigenvalue weighted by molar-refractivity contribution is -0.119. The van der Waals surface area contributed by atoms with E-state index in [9.17, 15) is 4.79 Å². The van der Waals surface area contributed by atoms with Crippen molar-refractivity contribution in [2.24, 2.45) is 0 Å². The zero-order valence-electron chi connectivity index (χ0n) is 19.8. The summed E-state index contributed by atoms with van der Waals surface area (Å²) in [5.74, 6) is 1.64. The Bertz CT molecular complexity index is 1060. The van der Waals surface area contributed by atoms with Crippen LogP contribution in [-0.4, -0.2) is 35.0 Å². The minimum Gasteiger partial charge on any atom is -0.356 e. The lowest BCUT2D eigenvalue weighted by atomic mass is 10.0. The molecule has 0 saturated carbocycles. The van der Waals surface area contributed by atoms with Crippen LogP contribution in [0.5, 0.6) is 0 Å². The summed E-state index contributed by atoms with van der Waals surface area (Å²) in [6, 6.07) is 18.5. The first-order chi connectivity index (χ1) is 16.2. The molecule has 33 heavy (non-hydrogen) atoms. The van der Waals surface area contributed by atoms with Crippen LogP contribution in [0.15, 0.2) is 60.9 Å². The Kier molecular flexibility index (Phi) is 7.23. The lowest BCUT2D eigenvalue weighted by Gasteiger charge is -2.37. The number of fused-ring (bicyclic) bond motifs is 1. The van der Waals surface area contributed by atoms with E-state index < -0.39 is 0 Å². The highest BCUT2D eigenvalue weighted by atomic mass is 16.2. The molecule has 0 spiro atoms. The Morgan fingerprint density at radius 1 is 0.939 bits per heavy atom. The monoisotopic (exact) mass is 443 g/mol. The second kappa shape index (κ2) is 10.5. The van der Waals surface area contributed by atoms with E-state index in [1.165, 1.54) is 11.1 Å². The topological polar surface area (TPSA) is 61.4 Å². The molecule has 0 radical (unpaired) electrons. The third-order valence-electron chi connectivity index (χ3n) is 6.26. The number of nitrogens with one attached hydrogen (secondary N) is 1. The highest BCUT2D eigenvalue weighted by molar-refractivity contribution is 6.06. The maximum Gasteiger partial charge on any atom is 0.250 e. The molecule has 0 aliphatic carbocycles. The van der Waals surface area contributed by atoms with Gasteiger partial charge in [-0.25, -0.2) is 9.97 Å². The number of hydrogen-bond acceptors (Lipinski definition) is 5. The summed E-state index contributed by atoms with van der Waals surface area (Å²) in [4.78, 5) is 26.8. The summed E-state index contributed by atoms with van der Waals surface area (Å²) in [6.45, 7) is 8.47. The second-order valence-corrected chi connectivity index (χ2v) is 8.39. The third-order valence-corrected chi connectivity index (χ3v) is 6.26. The average Bonchev–Trinajstić information content (AvgIpc) is 2.86. The standard InChI is InChI=1S/C27H33N5O/c1-4-7-13-23-27(33)32(24-25(30-23)28-19-29-26(24)31(5-2)6-3)18-20-14-16-22(17-15-20)21-11-9-8-10-12-21/h8-12,14-17,19,23H,4-7,13,18H2,1-3H3,(H,28,29,30)/t23-/m0/s1. The van der Waals surface area contributed by atoms with Crippen molar-refractivity contribution in [3.63, 3.8) is 0 Å². The molecule has 1 aromatic heterocycles. The van der Waals surface area contributed by atoms with Gasteiger partial charge in [-0.2, -0.15) is 0 Å². The van der Waals surface area contributed by atoms with Crippen molar-refractivity contribution < 1.29 is 4.79 Å². The number of nitrogens with zero attached hydrogens (tertiary/aromatic N) is 4. The molecule has 1 amide bonds.